The molecule has 0 saturated carbocycles. The highest BCUT2D eigenvalue weighted by Crippen LogP contribution is 2.43. The van der Waals surface area contributed by atoms with Crippen LogP contribution in [-0.4, -0.2) is 69.8 Å². The van der Waals surface area contributed by atoms with E-state index in [1.165, 1.54) is 17.2 Å². The van der Waals surface area contributed by atoms with E-state index in [0.29, 0.717) is 33.3 Å². The first-order valence-electron chi connectivity index (χ1n) is 26.2. The van der Waals surface area contributed by atoms with Gasteiger partial charge in [0.25, 0.3) is 0 Å². The summed E-state index contributed by atoms with van der Waals surface area (Å²) in [6.45, 7) is 38.1. The Labute approximate surface area is 466 Å². The molecule has 12 nitrogen and oxygen atoms in total. The second-order valence-electron chi connectivity index (χ2n) is 24.4. The van der Waals surface area contributed by atoms with E-state index >= 15 is 0 Å². The van der Waals surface area contributed by atoms with Crippen LogP contribution < -0.4 is 5.46 Å². The largest absolute Gasteiger partial charge is 0.494 e. The molecule has 3 aliphatic heterocycles. The molecule has 2 aromatic heterocycles. The SMILES string of the molecule is CC(C)(C)c1cccnc1.CC1(C)OB(B2OC(C)(C)C(C)(C)O2)OC1(C)C.CC1(C)OB(c2cc(C#N)cc(CF)c2)OC1(C)C.Cc1ccc(C(C)(C)C)cn1.N#Cc1cccc(CF)c1.N#Cc1cccc(CO)c1. The van der Waals surface area contributed by atoms with Gasteiger partial charge in [0.1, 0.15) is 13.3 Å². The van der Waals surface area contributed by atoms with Gasteiger partial charge in [-0.25, -0.2) is 8.78 Å². The van der Waals surface area contributed by atoms with E-state index in [4.69, 9.17) is 48.8 Å². The Bertz CT molecular complexity index is 2690. The van der Waals surface area contributed by atoms with Gasteiger partial charge in [-0.1, -0.05) is 84.0 Å². The van der Waals surface area contributed by atoms with Crippen molar-refractivity contribution >= 4 is 26.6 Å². The Morgan fingerprint density at radius 2 is 0.910 bits per heavy atom. The molecule has 0 aliphatic carbocycles. The molecule has 1 N–H and O–H groups in total. The fourth-order valence-electron chi connectivity index (χ4n) is 7.16. The predicted octanol–water partition coefficient (Wildman–Crippen LogP) is 12.7. The number of nitrogens with zero attached hydrogens (tertiary/aromatic N) is 5. The maximum atomic E-state index is 12.8. The van der Waals surface area contributed by atoms with Crippen LogP contribution in [0.4, 0.5) is 8.78 Å². The quantitative estimate of drug-likeness (QED) is 0.165. The molecule has 3 aliphatic rings. The number of alkyl halides is 2. The van der Waals surface area contributed by atoms with E-state index in [1.54, 1.807) is 66.9 Å². The number of benzene rings is 3. The normalized spacial score (nSPS) is 17.7. The number of halogens is 2. The third-order valence-corrected chi connectivity index (χ3v) is 14.3. The predicted molar refractivity (Wildman–Crippen MR) is 308 cm³/mol. The lowest BCUT2D eigenvalue weighted by Crippen LogP contribution is -2.41. The van der Waals surface area contributed by atoms with Crippen molar-refractivity contribution in [3.05, 3.63) is 160 Å². The highest BCUT2D eigenvalue weighted by atomic mass is 19.1. The minimum Gasteiger partial charge on any atom is -0.405 e. The lowest BCUT2D eigenvalue weighted by atomic mass is 9.49. The smallest absolute Gasteiger partial charge is 0.405 e. The molecule has 3 aromatic carbocycles. The number of nitriles is 3. The highest BCUT2D eigenvalue weighted by molar-refractivity contribution is 7.11. The maximum Gasteiger partial charge on any atom is 0.494 e. The van der Waals surface area contributed by atoms with Gasteiger partial charge in [0.2, 0.25) is 0 Å². The van der Waals surface area contributed by atoms with E-state index in [-0.39, 0.29) is 39.8 Å². The molecular weight excluding hydrogens is 985 g/mol. The van der Waals surface area contributed by atoms with Crippen LogP contribution in [0.2, 0.25) is 0 Å². The molecule has 5 heterocycles. The molecule has 5 aromatic rings. The summed E-state index contributed by atoms with van der Waals surface area (Å²) >= 11 is 0. The maximum absolute atomic E-state index is 12.8. The van der Waals surface area contributed by atoms with Crippen LogP contribution in [0.15, 0.2) is 110 Å². The van der Waals surface area contributed by atoms with Crippen molar-refractivity contribution in [2.45, 2.75) is 196 Å². The van der Waals surface area contributed by atoms with Crippen LogP contribution in [-0.2, 0) is 58.7 Å². The highest BCUT2D eigenvalue weighted by Gasteiger charge is 2.63. The van der Waals surface area contributed by atoms with E-state index in [0.717, 1.165) is 11.3 Å². The van der Waals surface area contributed by atoms with Gasteiger partial charge in [0.15, 0.2) is 0 Å². The van der Waals surface area contributed by atoms with Crippen molar-refractivity contribution in [2.75, 3.05) is 0 Å². The second kappa shape index (κ2) is 27.4. The first-order chi connectivity index (χ1) is 36.0. The van der Waals surface area contributed by atoms with Gasteiger partial charge in [0.05, 0.1) is 75.1 Å². The number of rotatable bonds is 5. The first-order valence-corrected chi connectivity index (χ1v) is 26.2. The molecular formula is C61H82B3F2N5O7. The molecule has 3 saturated heterocycles. The summed E-state index contributed by atoms with van der Waals surface area (Å²) < 4.78 is 60.4. The van der Waals surface area contributed by atoms with Gasteiger partial charge in [0, 0.05) is 24.3 Å². The third kappa shape index (κ3) is 18.9. The zero-order chi connectivity index (χ0) is 59.1. The van der Waals surface area contributed by atoms with Crippen molar-refractivity contribution in [2.24, 2.45) is 0 Å². The number of aryl methyl sites for hydroxylation is 1. The molecule has 78 heavy (non-hydrogen) atoms. The van der Waals surface area contributed by atoms with Gasteiger partial charge in [-0.2, -0.15) is 15.8 Å². The van der Waals surface area contributed by atoms with Crippen LogP contribution >= 0.6 is 0 Å². The molecule has 0 amide bonds. The van der Waals surface area contributed by atoms with E-state index in [9.17, 15) is 8.78 Å². The minimum atomic E-state index is -0.609. The lowest BCUT2D eigenvalue weighted by molar-refractivity contribution is 0.00578. The van der Waals surface area contributed by atoms with Crippen LogP contribution in [0.1, 0.15) is 175 Å². The van der Waals surface area contributed by atoms with Gasteiger partial charge >= 0.3 is 21.1 Å². The molecule has 0 unspecified atom stereocenters. The Kier molecular flexibility index (Phi) is 23.3. The Hall–Kier alpha value is -5.80. The lowest BCUT2D eigenvalue weighted by Gasteiger charge is -2.32. The number of pyridine rings is 2. The molecule has 17 heteroatoms. The fraction of sp³-hybridized carbons (Fsp3) is 0.492. The van der Waals surface area contributed by atoms with Gasteiger partial charge in [-0.15, -0.1) is 0 Å². The summed E-state index contributed by atoms with van der Waals surface area (Å²) in [5.41, 5.74) is 5.77. The van der Waals surface area contributed by atoms with Crippen molar-refractivity contribution in [3.8, 4) is 18.2 Å². The molecule has 8 rings (SSSR count). The Balaban J connectivity index is 0.000000252. The summed E-state index contributed by atoms with van der Waals surface area (Å²) in [6, 6.07) is 32.6. The van der Waals surface area contributed by atoms with Crippen molar-refractivity contribution < 1.29 is 41.8 Å². The summed E-state index contributed by atoms with van der Waals surface area (Å²) in [5.74, 6) is 0. The van der Waals surface area contributed by atoms with Gasteiger partial charge < -0.3 is 33.0 Å². The van der Waals surface area contributed by atoms with Crippen LogP contribution in [0, 0.1) is 40.9 Å². The van der Waals surface area contributed by atoms with Crippen molar-refractivity contribution in [1.82, 2.24) is 9.97 Å². The van der Waals surface area contributed by atoms with Crippen LogP contribution in [0.25, 0.3) is 0 Å². The number of aromatic nitrogens is 2. The minimum absolute atomic E-state index is 0.00444. The summed E-state index contributed by atoms with van der Waals surface area (Å²) in [4.78, 5) is 8.30. The second-order valence-corrected chi connectivity index (χ2v) is 24.4. The topological polar surface area (TPSA) is 173 Å². The Morgan fingerprint density at radius 1 is 0.500 bits per heavy atom. The standard InChI is InChI=1S/C14H17BFNO2.C12H24B2O4.C10H15N.C9H13N.C8H6FN.C8H7NO/c1-13(2)14(3,4)19-15(18-13)12-6-10(8-16)5-11(7-12)9-17;1-9(2)10(3,4)16-13(15-9)14-17-11(5,6)12(7,8)18-14;1-8-5-6-9(7-11-8)10(2,3)4;1-9(2,3)8-5-4-6-10-7-8;2*9-5-7-2-1-3-8(4-7)6-10/h5-7H,8H2,1-4H3;1-8H3;5-7H,1-4H3;4-7H,1-3H3;1-4H,5H2;1-4,10H,6H2. The fourth-order valence-corrected chi connectivity index (χ4v) is 7.16. The van der Waals surface area contributed by atoms with E-state index in [1.807, 2.05) is 127 Å². The molecule has 0 atom stereocenters. The summed E-state index contributed by atoms with van der Waals surface area (Å²) in [5, 5.41) is 34.4. The van der Waals surface area contributed by atoms with E-state index < -0.39 is 45.7 Å². The number of aliphatic hydroxyl groups is 1. The molecule has 0 bridgehead atoms. The monoisotopic (exact) mass is 1070 g/mol. The number of hydrogen-bond acceptors (Lipinski definition) is 12. The third-order valence-electron chi connectivity index (χ3n) is 14.3. The van der Waals surface area contributed by atoms with Gasteiger partial charge in [-0.05, 0) is 183 Å². The average molecular weight is 1070 g/mol. The molecule has 0 radical (unpaired) electrons. The molecule has 416 valence electrons. The van der Waals surface area contributed by atoms with Gasteiger partial charge in [-0.3, -0.25) is 9.97 Å². The molecule has 0 spiro atoms. The summed E-state index contributed by atoms with van der Waals surface area (Å²) in [6.07, 6.45) is 5.67. The first kappa shape index (κ1) is 66.5. The zero-order valence-electron chi connectivity index (χ0n) is 49.6. The Morgan fingerprint density at radius 3 is 1.27 bits per heavy atom. The van der Waals surface area contributed by atoms with Crippen LogP contribution in [0.3, 0.4) is 0 Å². The average Bonchev–Trinajstić information content (AvgIpc) is 3.87. The van der Waals surface area contributed by atoms with Crippen LogP contribution in [0.5, 0.6) is 0 Å². The molecule has 3 fully saturated rings. The number of aliphatic hydroxyl groups excluding tert-OH is 1. The van der Waals surface area contributed by atoms with E-state index in [2.05, 4.69) is 69.7 Å². The summed E-state index contributed by atoms with van der Waals surface area (Å²) in [7, 11) is -1.52. The van der Waals surface area contributed by atoms with Crippen molar-refractivity contribution in [3.63, 3.8) is 0 Å². The number of hydrogen-bond donors (Lipinski definition) is 1. The van der Waals surface area contributed by atoms with Crippen molar-refractivity contribution in [1.29, 1.82) is 15.8 Å². The zero-order valence-corrected chi connectivity index (χ0v) is 49.6.